The Labute approximate surface area is 122 Å². The maximum absolute atomic E-state index is 12.0. The summed E-state index contributed by atoms with van der Waals surface area (Å²) in [6.45, 7) is 7.20. The van der Waals surface area contributed by atoms with E-state index in [0.29, 0.717) is 0 Å². The van der Waals surface area contributed by atoms with Crippen LogP contribution < -0.4 is 0 Å². The molecule has 1 rings (SSSR count). The Morgan fingerprint density at radius 3 is 2.50 bits per heavy atom. The molecule has 0 saturated heterocycles. The molecule has 0 fully saturated rings. The van der Waals surface area contributed by atoms with Crippen LogP contribution >= 0.6 is 11.6 Å². The molecule has 0 aliphatic rings. The van der Waals surface area contributed by atoms with Gasteiger partial charge in [0.1, 0.15) is 0 Å². The van der Waals surface area contributed by atoms with Crippen molar-refractivity contribution in [2.24, 2.45) is 0 Å². The summed E-state index contributed by atoms with van der Waals surface area (Å²) in [5, 5.41) is 10.6. The molecule has 7 heteroatoms. The topological polar surface area (TPSA) is 72.7 Å². The fraction of sp³-hybridized carbons (Fsp3) is 0.462. The van der Waals surface area contributed by atoms with Crippen molar-refractivity contribution in [1.29, 1.82) is 0 Å². The lowest BCUT2D eigenvalue weighted by Crippen LogP contribution is -2.36. The standard InChI is InChI=1S/C13H17ClN2O4/c1-4-15(5-2)9(3)20-13(17)11-7-6-10(16(18)19)8-12(11)14/h6-9H,4-5H2,1-3H3. The van der Waals surface area contributed by atoms with E-state index in [9.17, 15) is 14.9 Å². The molecule has 0 bridgehead atoms. The number of nitro benzene ring substituents is 1. The van der Waals surface area contributed by atoms with Gasteiger partial charge in [-0.15, -0.1) is 0 Å². The third kappa shape index (κ3) is 3.91. The predicted octanol–water partition coefficient (Wildman–Crippen LogP) is 3.09. The van der Waals surface area contributed by atoms with Crippen LogP contribution in [0.3, 0.4) is 0 Å². The Morgan fingerprint density at radius 1 is 1.45 bits per heavy atom. The Hall–Kier alpha value is -1.66. The van der Waals surface area contributed by atoms with Gasteiger partial charge in [0.05, 0.1) is 15.5 Å². The van der Waals surface area contributed by atoms with Crippen LogP contribution in [-0.2, 0) is 4.74 Å². The molecule has 0 aliphatic heterocycles. The molecular formula is C13H17ClN2O4. The second-order valence-corrected chi connectivity index (χ2v) is 4.55. The van der Waals surface area contributed by atoms with Crippen LogP contribution in [0.2, 0.25) is 5.02 Å². The molecule has 0 N–H and O–H groups in total. The zero-order valence-corrected chi connectivity index (χ0v) is 12.4. The summed E-state index contributed by atoms with van der Waals surface area (Å²) in [5.41, 5.74) is -0.0420. The van der Waals surface area contributed by atoms with Crippen LogP contribution in [0.15, 0.2) is 18.2 Å². The molecule has 1 unspecified atom stereocenters. The molecule has 0 spiro atoms. The number of benzene rings is 1. The number of ether oxygens (including phenoxy) is 1. The van der Waals surface area contributed by atoms with E-state index in [1.807, 2.05) is 18.7 Å². The Kier molecular flexibility index (Phi) is 5.91. The average Bonchev–Trinajstić information content (AvgIpc) is 2.39. The number of hydrogen-bond donors (Lipinski definition) is 0. The highest BCUT2D eigenvalue weighted by Gasteiger charge is 2.20. The van der Waals surface area contributed by atoms with Gasteiger partial charge in [-0.25, -0.2) is 4.79 Å². The maximum Gasteiger partial charge on any atom is 0.341 e. The van der Waals surface area contributed by atoms with Gasteiger partial charge < -0.3 is 4.74 Å². The third-order valence-corrected chi connectivity index (χ3v) is 3.30. The monoisotopic (exact) mass is 300 g/mol. The number of nitro groups is 1. The molecule has 20 heavy (non-hydrogen) atoms. The third-order valence-electron chi connectivity index (χ3n) is 2.99. The van der Waals surface area contributed by atoms with Crippen LogP contribution in [0.4, 0.5) is 5.69 Å². The van der Waals surface area contributed by atoms with Crippen molar-refractivity contribution in [2.45, 2.75) is 27.0 Å². The van der Waals surface area contributed by atoms with E-state index in [2.05, 4.69) is 0 Å². The summed E-state index contributed by atoms with van der Waals surface area (Å²) in [7, 11) is 0. The highest BCUT2D eigenvalue weighted by atomic mass is 35.5. The SMILES string of the molecule is CCN(CC)C(C)OC(=O)c1ccc([N+](=O)[O-])cc1Cl. The number of rotatable bonds is 6. The fourth-order valence-electron chi connectivity index (χ4n) is 1.81. The molecule has 1 aromatic rings. The minimum atomic E-state index is -0.593. The van der Waals surface area contributed by atoms with E-state index < -0.39 is 10.9 Å². The zero-order valence-electron chi connectivity index (χ0n) is 11.6. The van der Waals surface area contributed by atoms with Gasteiger partial charge in [-0.05, 0) is 26.1 Å². The van der Waals surface area contributed by atoms with E-state index in [4.69, 9.17) is 16.3 Å². The van der Waals surface area contributed by atoms with Crippen LogP contribution in [0.1, 0.15) is 31.1 Å². The van der Waals surface area contributed by atoms with Gasteiger partial charge >= 0.3 is 5.97 Å². The lowest BCUT2D eigenvalue weighted by molar-refractivity contribution is -0.384. The van der Waals surface area contributed by atoms with Crippen molar-refractivity contribution in [2.75, 3.05) is 13.1 Å². The van der Waals surface area contributed by atoms with Crippen LogP contribution in [0, 0.1) is 10.1 Å². The number of esters is 1. The predicted molar refractivity (Wildman–Crippen MR) is 75.9 cm³/mol. The molecule has 6 nitrogen and oxygen atoms in total. The second kappa shape index (κ2) is 7.21. The molecular weight excluding hydrogens is 284 g/mol. The summed E-state index contributed by atoms with van der Waals surface area (Å²) in [4.78, 5) is 24.0. The van der Waals surface area contributed by atoms with Crippen molar-refractivity contribution in [3.63, 3.8) is 0 Å². The van der Waals surface area contributed by atoms with E-state index in [1.54, 1.807) is 6.92 Å². The van der Waals surface area contributed by atoms with Gasteiger partial charge in [0.15, 0.2) is 6.23 Å². The van der Waals surface area contributed by atoms with Crippen molar-refractivity contribution in [3.8, 4) is 0 Å². The van der Waals surface area contributed by atoms with Gasteiger partial charge in [-0.2, -0.15) is 0 Å². The minimum absolute atomic E-state index is 0.0101. The lowest BCUT2D eigenvalue weighted by Gasteiger charge is -2.25. The van der Waals surface area contributed by atoms with E-state index in [0.717, 1.165) is 19.2 Å². The first-order valence-electron chi connectivity index (χ1n) is 6.29. The minimum Gasteiger partial charge on any atom is -0.443 e. The molecule has 0 aromatic heterocycles. The number of nitrogens with zero attached hydrogens (tertiary/aromatic N) is 2. The summed E-state index contributed by atoms with van der Waals surface area (Å²) in [6.07, 6.45) is -0.385. The first-order chi connectivity index (χ1) is 9.40. The Morgan fingerprint density at radius 2 is 2.05 bits per heavy atom. The van der Waals surface area contributed by atoms with Crippen molar-refractivity contribution < 1.29 is 14.5 Å². The van der Waals surface area contributed by atoms with E-state index in [1.165, 1.54) is 12.1 Å². The number of hydrogen-bond acceptors (Lipinski definition) is 5. The van der Waals surface area contributed by atoms with Crippen molar-refractivity contribution in [1.82, 2.24) is 4.90 Å². The van der Waals surface area contributed by atoms with E-state index >= 15 is 0 Å². The van der Waals surface area contributed by atoms with E-state index in [-0.39, 0.29) is 22.5 Å². The smallest absolute Gasteiger partial charge is 0.341 e. The molecule has 0 saturated carbocycles. The average molecular weight is 301 g/mol. The lowest BCUT2D eigenvalue weighted by atomic mass is 10.2. The molecule has 110 valence electrons. The molecule has 0 aliphatic carbocycles. The Balaban J connectivity index is 2.85. The summed E-state index contributed by atoms with van der Waals surface area (Å²) in [6, 6.07) is 3.67. The number of carbonyl (C=O) groups excluding carboxylic acids is 1. The molecule has 0 amide bonds. The number of non-ortho nitro benzene ring substituents is 1. The number of halogens is 1. The molecule has 1 atom stereocenters. The quantitative estimate of drug-likeness (QED) is 0.349. The molecule has 0 heterocycles. The summed E-state index contributed by atoms with van der Waals surface area (Å²) >= 11 is 5.88. The van der Waals surface area contributed by atoms with Gasteiger partial charge in [0.2, 0.25) is 0 Å². The number of carbonyl (C=O) groups is 1. The van der Waals surface area contributed by atoms with Gasteiger partial charge in [0, 0.05) is 12.1 Å². The zero-order chi connectivity index (χ0) is 15.3. The summed E-state index contributed by atoms with van der Waals surface area (Å²) in [5.74, 6) is -0.593. The van der Waals surface area contributed by atoms with Crippen LogP contribution in [0.5, 0.6) is 0 Å². The fourth-order valence-corrected chi connectivity index (χ4v) is 2.07. The normalized spacial score (nSPS) is 12.2. The highest BCUT2D eigenvalue weighted by Crippen LogP contribution is 2.23. The summed E-state index contributed by atoms with van der Waals surface area (Å²) < 4.78 is 5.29. The maximum atomic E-state index is 12.0. The Bertz CT molecular complexity index is 503. The van der Waals surface area contributed by atoms with Crippen molar-refractivity contribution in [3.05, 3.63) is 38.9 Å². The highest BCUT2D eigenvalue weighted by molar-refractivity contribution is 6.33. The second-order valence-electron chi connectivity index (χ2n) is 4.15. The van der Waals surface area contributed by atoms with Gasteiger partial charge in [-0.3, -0.25) is 15.0 Å². The van der Waals surface area contributed by atoms with Gasteiger partial charge in [-0.1, -0.05) is 25.4 Å². The van der Waals surface area contributed by atoms with Crippen LogP contribution in [0.25, 0.3) is 0 Å². The first-order valence-corrected chi connectivity index (χ1v) is 6.67. The molecule has 1 aromatic carbocycles. The first kappa shape index (κ1) is 16.4. The largest absolute Gasteiger partial charge is 0.443 e. The van der Waals surface area contributed by atoms with Crippen LogP contribution in [-0.4, -0.2) is 35.1 Å². The van der Waals surface area contributed by atoms with Crippen molar-refractivity contribution >= 4 is 23.3 Å². The van der Waals surface area contributed by atoms with Gasteiger partial charge in [0.25, 0.3) is 5.69 Å². The molecule has 0 radical (unpaired) electrons.